The van der Waals surface area contributed by atoms with Crippen molar-refractivity contribution in [2.75, 3.05) is 46.6 Å². The van der Waals surface area contributed by atoms with E-state index in [1.165, 1.54) is 18.9 Å². The second-order valence-corrected chi connectivity index (χ2v) is 9.55. The standard InChI is InChI=1S/C26H30ClN7O2.ClH.4H3N.4H2/c27-20-10-4-3-9-19(20)23(36)29-21-12-11-18(17-22(21)35)28-24-30-25(33-13-5-1-6-14-33)32-26(31-24)34-15-7-2-8-16-34;;;;;;;;;/h3-4,9-12,17,35H,1-2,5-8,13-16H2,(H,29,36)(H,28,30,31,32);1H;4*1H3;4*1H. The normalized spacial score (nSPS) is 14.1. The van der Waals surface area contributed by atoms with E-state index in [-0.39, 0.29) is 54.2 Å². The number of rotatable bonds is 6. The van der Waals surface area contributed by atoms with E-state index in [9.17, 15) is 9.90 Å². The van der Waals surface area contributed by atoms with Gasteiger partial charge >= 0.3 is 0 Å². The number of benzene rings is 2. The van der Waals surface area contributed by atoms with Gasteiger partial charge in [0.05, 0.1) is 16.3 Å². The largest absolute Gasteiger partial charge is 0.506 e. The molecule has 3 heterocycles. The first kappa shape index (κ1) is 37.5. The van der Waals surface area contributed by atoms with Crippen molar-refractivity contribution < 1.29 is 15.6 Å². The van der Waals surface area contributed by atoms with Gasteiger partial charge in [0.2, 0.25) is 17.8 Å². The Morgan fingerprint density at radius 3 is 1.85 bits per heavy atom. The number of carbonyl (C=O) groups excluding carboxylic acids is 1. The lowest BCUT2D eigenvalue weighted by Crippen LogP contribution is -2.34. The van der Waals surface area contributed by atoms with Crippen LogP contribution in [0.2, 0.25) is 5.02 Å². The van der Waals surface area contributed by atoms with Crippen LogP contribution in [0.4, 0.5) is 29.2 Å². The molecule has 15 heteroatoms. The van der Waals surface area contributed by atoms with Crippen molar-refractivity contribution in [3.05, 3.63) is 53.1 Å². The van der Waals surface area contributed by atoms with Crippen molar-refractivity contribution in [3.63, 3.8) is 0 Å². The van der Waals surface area contributed by atoms with Crippen molar-refractivity contribution in [3.8, 4) is 5.75 Å². The van der Waals surface area contributed by atoms with Gasteiger partial charge in [0, 0.05) is 43.6 Å². The molecule has 1 aromatic heterocycles. The van der Waals surface area contributed by atoms with E-state index < -0.39 is 5.91 Å². The molecule has 1 amide bonds. The molecular weight excluding hydrogens is 569 g/mol. The van der Waals surface area contributed by atoms with Gasteiger partial charge in [-0.15, -0.1) is 12.4 Å². The fourth-order valence-electron chi connectivity index (χ4n) is 4.56. The van der Waals surface area contributed by atoms with Crippen LogP contribution >= 0.6 is 24.0 Å². The molecule has 2 fully saturated rings. The molecule has 0 radical (unpaired) electrons. The smallest absolute Gasteiger partial charge is 0.257 e. The minimum Gasteiger partial charge on any atom is -0.506 e. The Kier molecular flexibility index (Phi) is 15.9. The number of nitrogens with zero attached hydrogens (tertiary/aromatic N) is 5. The van der Waals surface area contributed by atoms with Gasteiger partial charge in [-0.2, -0.15) is 15.0 Å². The Balaban J connectivity index is -0.000000593. The molecule has 0 spiro atoms. The zero-order valence-corrected chi connectivity index (χ0v) is 24.9. The summed E-state index contributed by atoms with van der Waals surface area (Å²) >= 11 is 6.12. The van der Waals surface area contributed by atoms with Crippen LogP contribution in [-0.4, -0.2) is 52.1 Å². The highest BCUT2D eigenvalue weighted by Gasteiger charge is 2.21. The third-order valence-corrected chi connectivity index (χ3v) is 6.84. The van der Waals surface area contributed by atoms with Crippen LogP contribution in [0.5, 0.6) is 5.75 Å². The van der Waals surface area contributed by atoms with Gasteiger partial charge in [0.1, 0.15) is 5.75 Å². The number of hydrogen-bond donors (Lipinski definition) is 7. The molecule has 2 aromatic carbocycles. The summed E-state index contributed by atoms with van der Waals surface area (Å²) in [5, 5.41) is 16.9. The number of phenolic OH excluding ortho intramolecular Hbond substituents is 1. The molecule has 2 aliphatic heterocycles. The molecule has 2 saturated heterocycles. The minimum atomic E-state index is -0.397. The number of aromatic hydroxyl groups is 1. The number of phenols is 1. The Hall–Kier alpha value is -3.46. The van der Waals surface area contributed by atoms with E-state index in [0.29, 0.717) is 34.1 Å². The SMILES string of the molecule is Cl.N.N.N.N.O=C(Nc1ccc(Nc2nc(N3CCCCC3)nc(N3CCCCC3)n2)cc1O)c1ccccc1Cl.[HH].[HH].[HH].[HH]. The Bertz CT molecular complexity index is 1220. The van der Waals surface area contributed by atoms with E-state index >= 15 is 0 Å². The fourth-order valence-corrected chi connectivity index (χ4v) is 4.78. The monoisotopic (exact) mass is 619 g/mol. The first-order valence-electron chi connectivity index (χ1n) is 12.5. The van der Waals surface area contributed by atoms with Crippen LogP contribution in [0.25, 0.3) is 0 Å². The second-order valence-electron chi connectivity index (χ2n) is 9.15. The summed E-state index contributed by atoms with van der Waals surface area (Å²) in [6.45, 7) is 3.74. The topological polar surface area (TPSA) is 247 Å². The summed E-state index contributed by atoms with van der Waals surface area (Å²) in [6.07, 6.45) is 6.96. The first-order chi connectivity index (χ1) is 17.6. The molecular formula is C26H51Cl2N11O2. The lowest BCUT2D eigenvalue weighted by Gasteiger charge is -2.30. The third kappa shape index (κ3) is 9.28. The summed E-state index contributed by atoms with van der Waals surface area (Å²) in [7, 11) is 0. The number of nitrogens with one attached hydrogen (secondary N) is 2. The van der Waals surface area contributed by atoms with Gasteiger partial charge in [-0.3, -0.25) is 4.79 Å². The molecule has 13 nitrogen and oxygen atoms in total. The van der Waals surface area contributed by atoms with Crippen LogP contribution in [0, 0.1) is 0 Å². The Labute approximate surface area is 258 Å². The number of amides is 1. The van der Waals surface area contributed by atoms with Crippen molar-refractivity contribution in [1.29, 1.82) is 0 Å². The maximum Gasteiger partial charge on any atom is 0.257 e. The summed E-state index contributed by atoms with van der Waals surface area (Å²) in [4.78, 5) is 31.2. The lowest BCUT2D eigenvalue weighted by atomic mass is 10.1. The van der Waals surface area contributed by atoms with Crippen molar-refractivity contribution in [2.45, 2.75) is 38.5 Å². The summed E-state index contributed by atoms with van der Waals surface area (Å²) < 4.78 is 0. The highest BCUT2D eigenvalue weighted by Crippen LogP contribution is 2.30. The van der Waals surface area contributed by atoms with Crippen molar-refractivity contribution >= 4 is 59.1 Å². The van der Waals surface area contributed by atoms with Crippen LogP contribution in [0.15, 0.2) is 42.5 Å². The number of hydrogen-bond acceptors (Lipinski definition) is 12. The van der Waals surface area contributed by atoms with Crippen LogP contribution in [-0.2, 0) is 0 Å². The maximum absolute atomic E-state index is 12.6. The minimum absolute atomic E-state index is 0. The average Bonchev–Trinajstić information content (AvgIpc) is 2.91. The average molecular weight is 621 g/mol. The predicted molar refractivity (Wildman–Crippen MR) is 179 cm³/mol. The van der Waals surface area contributed by atoms with Gasteiger partial charge in [-0.05, 0) is 62.8 Å². The Morgan fingerprint density at radius 2 is 1.34 bits per heavy atom. The van der Waals surface area contributed by atoms with Gasteiger partial charge in [-0.25, -0.2) is 0 Å². The van der Waals surface area contributed by atoms with E-state index in [1.807, 2.05) is 0 Å². The molecule has 15 N–H and O–H groups in total. The van der Waals surface area contributed by atoms with Crippen molar-refractivity contribution in [2.24, 2.45) is 0 Å². The lowest BCUT2D eigenvalue weighted by molar-refractivity contribution is 0.102. The number of carbonyl (C=O) groups is 1. The van der Waals surface area contributed by atoms with Crippen molar-refractivity contribution in [1.82, 2.24) is 39.6 Å². The van der Waals surface area contributed by atoms with E-state index in [0.717, 1.165) is 51.9 Å². The number of halogens is 2. The predicted octanol–water partition coefficient (Wildman–Crippen LogP) is 7.26. The van der Waals surface area contributed by atoms with E-state index in [1.54, 1.807) is 36.4 Å². The molecule has 2 aliphatic rings. The molecule has 236 valence electrons. The molecule has 5 rings (SSSR count). The Morgan fingerprint density at radius 1 is 0.805 bits per heavy atom. The number of anilines is 5. The first-order valence-corrected chi connectivity index (χ1v) is 12.9. The molecule has 3 aromatic rings. The summed E-state index contributed by atoms with van der Waals surface area (Å²) in [5.41, 5.74) is 1.22. The maximum atomic E-state index is 12.6. The van der Waals surface area contributed by atoms with Crippen LogP contribution in [0.1, 0.15) is 54.6 Å². The molecule has 0 saturated carbocycles. The zero-order chi connectivity index (χ0) is 24.9. The highest BCUT2D eigenvalue weighted by atomic mass is 35.5. The van der Waals surface area contributed by atoms with Gasteiger partial charge < -0.3 is 50.1 Å². The van der Waals surface area contributed by atoms with Gasteiger partial charge in [-0.1, -0.05) is 23.7 Å². The van der Waals surface area contributed by atoms with E-state index in [2.05, 4.69) is 20.4 Å². The molecule has 0 bridgehead atoms. The number of piperidine rings is 2. The quantitative estimate of drug-likeness (QED) is 0.134. The summed E-state index contributed by atoms with van der Waals surface area (Å²) in [6, 6.07) is 11.7. The van der Waals surface area contributed by atoms with Crippen LogP contribution in [0.3, 0.4) is 0 Å². The fraction of sp³-hybridized carbons (Fsp3) is 0.385. The molecule has 0 unspecified atom stereocenters. The highest BCUT2D eigenvalue weighted by molar-refractivity contribution is 6.34. The number of aromatic nitrogens is 3. The van der Waals surface area contributed by atoms with Crippen LogP contribution < -0.4 is 45.0 Å². The van der Waals surface area contributed by atoms with Gasteiger partial charge in [0.15, 0.2) is 0 Å². The molecule has 41 heavy (non-hydrogen) atoms. The molecule has 0 aliphatic carbocycles. The van der Waals surface area contributed by atoms with E-state index in [4.69, 9.17) is 26.6 Å². The summed E-state index contributed by atoms with van der Waals surface area (Å²) in [5.74, 6) is 1.31. The third-order valence-electron chi connectivity index (χ3n) is 6.51. The second kappa shape index (κ2) is 17.4. The molecule has 0 atom stereocenters. The zero-order valence-electron chi connectivity index (χ0n) is 23.3. The van der Waals surface area contributed by atoms with Gasteiger partial charge in [0.25, 0.3) is 5.91 Å².